The second-order valence-corrected chi connectivity index (χ2v) is 7.80. The van der Waals surface area contributed by atoms with E-state index in [0.717, 1.165) is 0 Å². The smallest absolute Gasteiger partial charge is 0.490 e. The summed E-state index contributed by atoms with van der Waals surface area (Å²) in [4.78, 5) is 13.7. The molecule has 1 aliphatic rings. The Morgan fingerprint density at radius 1 is 1.22 bits per heavy atom. The van der Waals surface area contributed by atoms with Gasteiger partial charge in [-0.05, 0) is 26.8 Å². The molecule has 0 unspecified atom stereocenters. The van der Waals surface area contributed by atoms with Crippen molar-refractivity contribution >= 4 is 22.0 Å². The van der Waals surface area contributed by atoms with Crippen molar-refractivity contribution in [3.05, 3.63) is 23.8 Å². The van der Waals surface area contributed by atoms with E-state index < -0.39 is 12.0 Å². The highest BCUT2D eigenvalue weighted by molar-refractivity contribution is 9.08. The van der Waals surface area contributed by atoms with Crippen LogP contribution in [0.4, 0.5) is 18.0 Å². The minimum Gasteiger partial charge on any atom is -0.490 e. The first-order chi connectivity index (χ1) is 12.5. The molecule has 9 heteroatoms. The maximum Gasteiger partial charge on any atom is 0.573 e. The number of ether oxygens (including phenoxy) is 3. The summed E-state index contributed by atoms with van der Waals surface area (Å²) in [6, 6.07) is 4.38. The molecule has 1 fully saturated rings. The van der Waals surface area contributed by atoms with Crippen LogP contribution in [0.25, 0.3) is 0 Å². The van der Waals surface area contributed by atoms with Gasteiger partial charge in [-0.3, -0.25) is 0 Å². The molecule has 1 aromatic carbocycles. The number of alkyl halides is 4. The monoisotopic (exact) mass is 453 g/mol. The van der Waals surface area contributed by atoms with Gasteiger partial charge < -0.3 is 19.1 Å². The van der Waals surface area contributed by atoms with Crippen LogP contribution < -0.4 is 9.47 Å². The summed E-state index contributed by atoms with van der Waals surface area (Å²) in [5.74, 6) is 0.0118. The molecule has 1 aromatic rings. The van der Waals surface area contributed by atoms with E-state index in [1.807, 2.05) is 0 Å². The Bertz CT molecular complexity index is 653. The van der Waals surface area contributed by atoms with E-state index in [-0.39, 0.29) is 23.3 Å². The highest BCUT2D eigenvalue weighted by Crippen LogP contribution is 2.32. The molecule has 0 radical (unpaired) electrons. The molecule has 0 atom stereocenters. The van der Waals surface area contributed by atoms with Crippen molar-refractivity contribution in [2.24, 2.45) is 0 Å². The Balaban J connectivity index is 1.95. The summed E-state index contributed by atoms with van der Waals surface area (Å²) in [5, 5.41) is 0.229. The highest BCUT2D eigenvalue weighted by atomic mass is 79.9. The van der Waals surface area contributed by atoms with Crippen LogP contribution in [0.3, 0.4) is 0 Å². The highest BCUT2D eigenvalue weighted by Gasteiger charge is 2.32. The number of hydrogen-bond donors (Lipinski definition) is 0. The third-order valence-electron chi connectivity index (χ3n) is 3.80. The maximum atomic E-state index is 12.6. The number of rotatable bonds is 4. The first kappa shape index (κ1) is 21.7. The zero-order chi connectivity index (χ0) is 20.2. The number of benzene rings is 1. The van der Waals surface area contributed by atoms with Gasteiger partial charge in [0.15, 0.2) is 0 Å². The maximum absolute atomic E-state index is 12.6. The molecule has 2 rings (SSSR count). The summed E-state index contributed by atoms with van der Waals surface area (Å²) in [6.07, 6.45) is -4.21. The number of nitrogens with zero attached hydrogens (tertiary/aromatic N) is 1. The Morgan fingerprint density at radius 3 is 2.37 bits per heavy atom. The normalized spacial score (nSPS) is 16.2. The first-order valence-corrected chi connectivity index (χ1v) is 9.68. The fourth-order valence-corrected chi connectivity index (χ4v) is 3.08. The van der Waals surface area contributed by atoms with Gasteiger partial charge in [0.25, 0.3) is 0 Å². The van der Waals surface area contributed by atoms with Crippen LogP contribution in [-0.4, -0.2) is 42.2 Å². The lowest BCUT2D eigenvalue weighted by molar-refractivity contribution is -0.274. The fraction of sp³-hybridized carbons (Fsp3) is 0.611. The molecule has 5 nitrogen and oxygen atoms in total. The second kappa shape index (κ2) is 8.58. The van der Waals surface area contributed by atoms with Crippen molar-refractivity contribution in [2.75, 3.05) is 13.1 Å². The van der Waals surface area contributed by atoms with Crippen molar-refractivity contribution in [1.29, 1.82) is 0 Å². The van der Waals surface area contributed by atoms with Crippen LogP contribution in [0.2, 0.25) is 0 Å². The third kappa shape index (κ3) is 7.12. The van der Waals surface area contributed by atoms with E-state index in [9.17, 15) is 18.0 Å². The number of likely N-dealkylation sites (tertiary alicyclic amines) is 1. The Hall–Kier alpha value is -1.64. The fourth-order valence-electron chi connectivity index (χ4n) is 2.61. The van der Waals surface area contributed by atoms with E-state index in [2.05, 4.69) is 20.7 Å². The summed E-state index contributed by atoms with van der Waals surface area (Å²) >= 11 is 3.14. The van der Waals surface area contributed by atoms with Crippen LogP contribution in [0.15, 0.2) is 18.2 Å². The standard InChI is InChI=1S/C18H23BrF3NO4/c1-17(2,3)27-16(24)23-8-6-13(7-9-23)25-14-5-4-12(11-19)15(10-14)26-18(20,21)22/h4-5,10,13H,6-9,11H2,1-3H3. The first-order valence-electron chi connectivity index (χ1n) is 8.56. The molecule has 152 valence electrons. The molecule has 0 bridgehead atoms. The van der Waals surface area contributed by atoms with Crippen molar-refractivity contribution < 1.29 is 32.2 Å². The summed E-state index contributed by atoms with van der Waals surface area (Å²) in [7, 11) is 0. The van der Waals surface area contributed by atoms with E-state index >= 15 is 0 Å². The molecule has 0 spiro atoms. The van der Waals surface area contributed by atoms with E-state index in [1.54, 1.807) is 31.7 Å². The van der Waals surface area contributed by atoms with Gasteiger partial charge in [0.2, 0.25) is 0 Å². The third-order valence-corrected chi connectivity index (χ3v) is 4.41. The minimum atomic E-state index is -4.77. The lowest BCUT2D eigenvalue weighted by Crippen LogP contribution is -2.44. The van der Waals surface area contributed by atoms with Gasteiger partial charge in [-0.25, -0.2) is 4.79 Å². The number of amides is 1. The number of hydrogen-bond acceptors (Lipinski definition) is 4. The molecule has 1 heterocycles. The predicted molar refractivity (Wildman–Crippen MR) is 97.2 cm³/mol. The van der Waals surface area contributed by atoms with Gasteiger partial charge in [0.1, 0.15) is 23.2 Å². The van der Waals surface area contributed by atoms with Gasteiger partial charge in [0, 0.05) is 42.9 Å². The molecule has 1 amide bonds. The topological polar surface area (TPSA) is 48.0 Å². The Kier molecular flexibility index (Phi) is 6.88. The van der Waals surface area contributed by atoms with Crippen LogP contribution in [0.1, 0.15) is 39.2 Å². The summed E-state index contributed by atoms with van der Waals surface area (Å²) < 4.78 is 52.9. The van der Waals surface area contributed by atoms with Crippen LogP contribution >= 0.6 is 15.9 Å². The Labute approximate surface area is 164 Å². The van der Waals surface area contributed by atoms with Crippen molar-refractivity contribution in [3.63, 3.8) is 0 Å². The quantitative estimate of drug-likeness (QED) is 0.583. The molecule has 27 heavy (non-hydrogen) atoms. The van der Waals surface area contributed by atoms with Gasteiger partial charge >= 0.3 is 12.5 Å². The number of carbonyl (C=O) groups is 1. The second-order valence-electron chi connectivity index (χ2n) is 7.24. The van der Waals surface area contributed by atoms with Crippen molar-refractivity contribution in [3.8, 4) is 11.5 Å². The molecular weight excluding hydrogens is 431 g/mol. The zero-order valence-electron chi connectivity index (χ0n) is 15.4. The average molecular weight is 454 g/mol. The van der Waals surface area contributed by atoms with Gasteiger partial charge in [-0.1, -0.05) is 22.0 Å². The summed E-state index contributed by atoms with van der Waals surface area (Å²) in [6.45, 7) is 6.34. The molecule has 0 aromatic heterocycles. The molecule has 0 saturated carbocycles. The molecule has 0 N–H and O–H groups in total. The van der Waals surface area contributed by atoms with E-state index in [1.165, 1.54) is 12.1 Å². The molecule has 0 aliphatic carbocycles. The number of piperidine rings is 1. The van der Waals surface area contributed by atoms with E-state index in [0.29, 0.717) is 37.2 Å². The van der Waals surface area contributed by atoms with Gasteiger partial charge in [-0.2, -0.15) is 0 Å². The lowest BCUT2D eigenvalue weighted by atomic mass is 10.1. The Morgan fingerprint density at radius 2 is 1.85 bits per heavy atom. The average Bonchev–Trinajstić information content (AvgIpc) is 2.52. The predicted octanol–water partition coefficient (Wildman–Crippen LogP) is 5.26. The minimum absolute atomic E-state index is 0.197. The van der Waals surface area contributed by atoms with Crippen molar-refractivity contribution in [2.45, 2.75) is 57.0 Å². The number of carbonyl (C=O) groups excluding carboxylic acids is 1. The van der Waals surface area contributed by atoms with Crippen molar-refractivity contribution in [1.82, 2.24) is 4.90 Å². The largest absolute Gasteiger partial charge is 0.573 e. The van der Waals surface area contributed by atoms with Crippen LogP contribution in [0.5, 0.6) is 11.5 Å². The zero-order valence-corrected chi connectivity index (χ0v) is 17.0. The summed E-state index contributed by atoms with van der Waals surface area (Å²) in [5.41, 5.74) is -0.185. The van der Waals surface area contributed by atoms with Gasteiger partial charge in [0.05, 0.1) is 0 Å². The molecule has 1 saturated heterocycles. The van der Waals surface area contributed by atoms with Gasteiger partial charge in [-0.15, -0.1) is 13.2 Å². The SMILES string of the molecule is CC(C)(C)OC(=O)N1CCC(Oc2ccc(CBr)c(OC(F)(F)F)c2)CC1. The van der Waals surface area contributed by atoms with E-state index in [4.69, 9.17) is 9.47 Å². The molecular formula is C18H23BrF3NO4. The van der Waals surface area contributed by atoms with Crippen LogP contribution in [-0.2, 0) is 10.1 Å². The van der Waals surface area contributed by atoms with Crippen LogP contribution in [0, 0.1) is 0 Å². The number of halogens is 4. The molecule has 1 aliphatic heterocycles. The lowest BCUT2D eigenvalue weighted by Gasteiger charge is -2.33.